The number of phenolic OH excluding ortho intramolecular Hbond substituents is 2. The summed E-state index contributed by atoms with van der Waals surface area (Å²) in [7, 11) is 0. The molecule has 6 rings (SSSR count). The third-order valence-electron chi connectivity index (χ3n) is 9.83. The molecule has 0 aromatic heterocycles. The van der Waals surface area contributed by atoms with Crippen molar-refractivity contribution in [3.63, 3.8) is 0 Å². The summed E-state index contributed by atoms with van der Waals surface area (Å²) in [5, 5.41) is 46.9. The number of hydrazine groups is 2. The fourth-order valence-corrected chi connectivity index (χ4v) is 7.30. The maximum atomic E-state index is 13.8. The second-order valence-electron chi connectivity index (χ2n) is 14.2. The highest BCUT2D eigenvalue weighted by Gasteiger charge is 2.38. The second-order valence-corrected chi connectivity index (χ2v) is 14.2. The van der Waals surface area contributed by atoms with E-state index in [1.807, 2.05) is 0 Å². The lowest BCUT2D eigenvalue weighted by Gasteiger charge is -2.29. The van der Waals surface area contributed by atoms with E-state index in [0.717, 1.165) is 0 Å². The van der Waals surface area contributed by atoms with Crippen LogP contribution in [0.25, 0.3) is 33.4 Å². The van der Waals surface area contributed by atoms with Crippen LogP contribution in [0.5, 0.6) is 11.5 Å². The molecule has 2 amide bonds. The summed E-state index contributed by atoms with van der Waals surface area (Å²) in [5.74, 6) is -5.12. The van der Waals surface area contributed by atoms with Crippen LogP contribution in [0.4, 0.5) is 0 Å². The molecular weight excluding hydrogens is 713 g/mol. The Morgan fingerprint density at radius 2 is 0.893 bits per heavy atom. The topological polar surface area (TPSA) is 197 Å². The number of aliphatic hydroxyl groups is 2. The van der Waals surface area contributed by atoms with Crippen LogP contribution in [0.2, 0.25) is 0 Å². The third-order valence-corrected chi connectivity index (χ3v) is 9.83. The summed E-state index contributed by atoms with van der Waals surface area (Å²) in [6.07, 6.45) is 2.37. The van der Waals surface area contributed by atoms with Crippen molar-refractivity contribution < 1.29 is 39.6 Å². The van der Waals surface area contributed by atoms with Gasteiger partial charge in [-0.05, 0) is 72.2 Å². The average Bonchev–Trinajstić information content (AvgIpc) is 3.16. The van der Waals surface area contributed by atoms with Crippen LogP contribution < -0.4 is 21.7 Å². The number of hydrogen-bond acceptors (Lipinski definition) is 10. The molecule has 56 heavy (non-hydrogen) atoms. The summed E-state index contributed by atoms with van der Waals surface area (Å²) >= 11 is 0. The maximum Gasteiger partial charge on any atom is 0.269 e. The predicted molar refractivity (Wildman–Crippen MR) is 214 cm³/mol. The molecule has 4 aromatic rings. The fraction of sp³-hybridized carbons (Fsp3) is 0.182. The van der Waals surface area contributed by atoms with Gasteiger partial charge in [-0.1, -0.05) is 76.2 Å². The average molecular weight is 755 g/mol. The molecule has 0 aliphatic heterocycles. The molecule has 0 saturated carbocycles. The van der Waals surface area contributed by atoms with Crippen LogP contribution in [0.3, 0.4) is 0 Å². The number of carbonyl (C=O) groups is 4. The van der Waals surface area contributed by atoms with Gasteiger partial charge in [-0.2, -0.15) is 0 Å². The van der Waals surface area contributed by atoms with Crippen LogP contribution in [-0.2, 0) is 9.59 Å². The van der Waals surface area contributed by atoms with Crippen molar-refractivity contribution in [3.8, 4) is 22.6 Å². The van der Waals surface area contributed by atoms with E-state index in [0.29, 0.717) is 44.5 Å². The lowest BCUT2D eigenvalue weighted by molar-refractivity contribution is -0.113. The summed E-state index contributed by atoms with van der Waals surface area (Å²) in [6, 6.07) is 20.1. The molecule has 0 spiro atoms. The van der Waals surface area contributed by atoms with E-state index in [9.17, 15) is 39.6 Å². The summed E-state index contributed by atoms with van der Waals surface area (Å²) in [5.41, 5.74) is 13.3. The van der Waals surface area contributed by atoms with Gasteiger partial charge in [-0.25, -0.2) is 0 Å². The number of allylic oxidation sites excluding steroid dienone is 4. The molecule has 0 bridgehead atoms. The molecule has 0 fully saturated rings. The number of phenols is 2. The minimum absolute atomic E-state index is 0.0487. The number of benzene rings is 4. The minimum atomic E-state index is -0.805. The van der Waals surface area contributed by atoms with Crippen molar-refractivity contribution >= 4 is 45.7 Å². The standard InChI is InChI=1S/C44H42N4O8/c1-21(2)31-27-17-23(5)33(39(51)35(27)29(37(49)41(31)53)19-45-47-43(55)25-13-9-7-10-14-25)34-24(6)18-28-32(22(3)4)42(54)38(50)30(36(28)40(34)52)20-46-48-44(56)26-15-11-8-12-16-26/h7-22,45-46,51-54H,1-6H3,(H,47,55)(H,48,56)/b29-19-,30-20-. The van der Waals surface area contributed by atoms with E-state index in [4.69, 9.17) is 0 Å². The maximum absolute atomic E-state index is 13.8. The number of rotatable bonds is 9. The van der Waals surface area contributed by atoms with Gasteiger partial charge in [0, 0.05) is 56.9 Å². The van der Waals surface area contributed by atoms with Crippen molar-refractivity contribution in [3.05, 3.63) is 141 Å². The van der Waals surface area contributed by atoms with Crippen LogP contribution in [-0.4, -0.2) is 43.8 Å². The number of ketones is 2. The zero-order valence-corrected chi connectivity index (χ0v) is 31.7. The van der Waals surface area contributed by atoms with Gasteiger partial charge in [0.25, 0.3) is 11.8 Å². The van der Waals surface area contributed by atoms with Crippen LogP contribution >= 0.6 is 0 Å². The first-order valence-electron chi connectivity index (χ1n) is 18.0. The lowest BCUT2D eigenvalue weighted by atomic mass is 9.75. The smallest absolute Gasteiger partial charge is 0.269 e. The molecule has 8 N–H and O–H groups in total. The Hall–Kier alpha value is -7.08. The number of Topliss-reactive ketones (excluding diaryl/α,β-unsaturated/α-hetero) is 2. The number of amides is 2. The summed E-state index contributed by atoms with van der Waals surface area (Å²) in [4.78, 5) is 53.1. The van der Waals surface area contributed by atoms with Gasteiger partial charge >= 0.3 is 0 Å². The Morgan fingerprint density at radius 1 is 0.554 bits per heavy atom. The zero-order valence-electron chi connectivity index (χ0n) is 31.7. The Balaban J connectivity index is 1.52. The Labute approximate surface area is 323 Å². The molecule has 0 saturated heterocycles. The number of nitrogens with one attached hydrogen (secondary N) is 4. The highest BCUT2D eigenvalue weighted by molar-refractivity contribution is 6.35. The molecule has 12 heteroatoms. The number of hydrogen-bond donors (Lipinski definition) is 8. The van der Waals surface area contributed by atoms with E-state index < -0.39 is 46.4 Å². The number of aromatic hydroxyl groups is 2. The third kappa shape index (κ3) is 6.77. The van der Waals surface area contributed by atoms with Gasteiger partial charge < -0.3 is 31.3 Å². The van der Waals surface area contributed by atoms with Gasteiger partial charge in [0.05, 0.1) is 11.1 Å². The monoisotopic (exact) mass is 754 g/mol. The fourth-order valence-electron chi connectivity index (χ4n) is 7.30. The number of carbonyl (C=O) groups excluding carboxylic acids is 4. The van der Waals surface area contributed by atoms with Gasteiger partial charge in [0.15, 0.2) is 11.5 Å². The van der Waals surface area contributed by atoms with Crippen molar-refractivity contribution in [2.45, 2.75) is 41.5 Å². The Bertz CT molecular complexity index is 2270. The highest BCUT2D eigenvalue weighted by Crippen LogP contribution is 2.53. The summed E-state index contributed by atoms with van der Waals surface area (Å²) < 4.78 is 0. The van der Waals surface area contributed by atoms with Crippen molar-refractivity contribution in [2.75, 3.05) is 0 Å². The summed E-state index contributed by atoms with van der Waals surface area (Å²) in [6.45, 7) is 10.6. The molecule has 0 unspecified atom stereocenters. The molecule has 4 aromatic carbocycles. The Kier molecular flexibility index (Phi) is 10.6. The molecule has 0 heterocycles. The van der Waals surface area contributed by atoms with Crippen LogP contribution in [0.1, 0.15) is 81.8 Å². The van der Waals surface area contributed by atoms with Gasteiger partial charge in [0.1, 0.15) is 11.5 Å². The largest absolute Gasteiger partial charge is 0.507 e. The number of aryl methyl sites for hydroxylation is 2. The van der Waals surface area contributed by atoms with Crippen LogP contribution in [0, 0.1) is 25.7 Å². The number of fused-ring (bicyclic) bond motifs is 2. The first-order chi connectivity index (χ1) is 26.6. The van der Waals surface area contributed by atoms with E-state index in [1.54, 1.807) is 114 Å². The zero-order chi connectivity index (χ0) is 40.6. The first kappa shape index (κ1) is 38.6. The highest BCUT2D eigenvalue weighted by atomic mass is 16.3. The number of aliphatic hydroxyl groups excluding tert-OH is 2. The van der Waals surface area contributed by atoms with Crippen molar-refractivity contribution in [2.24, 2.45) is 11.8 Å². The quantitative estimate of drug-likeness (QED) is 0.0654. The molecule has 2 aliphatic rings. The molecular formula is C44H42N4O8. The van der Waals surface area contributed by atoms with E-state index in [1.165, 1.54) is 12.4 Å². The second kappa shape index (κ2) is 15.3. The van der Waals surface area contributed by atoms with Crippen molar-refractivity contribution in [1.82, 2.24) is 21.7 Å². The lowest BCUT2D eigenvalue weighted by Crippen LogP contribution is -2.34. The minimum Gasteiger partial charge on any atom is -0.507 e. The molecule has 2 aliphatic carbocycles. The van der Waals surface area contributed by atoms with Gasteiger partial charge in [0.2, 0.25) is 11.6 Å². The van der Waals surface area contributed by atoms with Gasteiger partial charge in [-0.15, -0.1) is 0 Å². The predicted octanol–water partition coefficient (Wildman–Crippen LogP) is 6.95. The van der Waals surface area contributed by atoms with E-state index >= 15 is 0 Å². The van der Waals surface area contributed by atoms with Gasteiger partial charge in [-0.3, -0.25) is 30.0 Å². The molecule has 12 nitrogen and oxygen atoms in total. The molecule has 0 radical (unpaired) electrons. The Morgan fingerprint density at radius 3 is 1.21 bits per heavy atom. The van der Waals surface area contributed by atoms with E-state index in [-0.39, 0.29) is 45.2 Å². The first-order valence-corrected chi connectivity index (χ1v) is 18.0. The van der Waals surface area contributed by atoms with E-state index in [2.05, 4.69) is 21.7 Å². The van der Waals surface area contributed by atoms with Crippen LogP contribution in [0.15, 0.2) is 96.7 Å². The normalized spacial score (nSPS) is 15.4. The SMILES string of the molecule is Cc1cc2c(c(O)c1-c1c(C)cc3c(c1O)/C(=C/NNC(=O)c1ccccc1)C(=O)C(O)=C3C(C)C)/C(=C/NNC(=O)c1ccccc1)C(=O)C(O)=C2C(C)C. The molecule has 0 atom stereocenters. The molecule has 286 valence electrons. The van der Waals surface area contributed by atoms with Crippen molar-refractivity contribution in [1.29, 1.82) is 0 Å².